The van der Waals surface area contributed by atoms with E-state index in [-0.39, 0.29) is 25.6 Å². The third kappa shape index (κ3) is 11.3. The summed E-state index contributed by atoms with van der Waals surface area (Å²) in [7, 11) is 0. The molecule has 0 saturated carbocycles. The highest BCUT2D eigenvalue weighted by molar-refractivity contribution is 7.99. The predicted octanol–water partition coefficient (Wildman–Crippen LogP) is 8.00. The predicted molar refractivity (Wildman–Crippen MR) is 161 cm³/mol. The summed E-state index contributed by atoms with van der Waals surface area (Å²) in [5, 5.41) is 0. The number of allylic oxidation sites excluding steroid dienone is 2. The lowest BCUT2D eigenvalue weighted by Gasteiger charge is -2.25. The van der Waals surface area contributed by atoms with Crippen LogP contribution in [0.4, 0.5) is 0 Å². The fourth-order valence-corrected chi connectivity index (χ4v) is 5.45. The van der Waals surface area contributed by atoms with Gasteiger partial charge in [0.1, 0.15) is 18.5 Å². The minimum atomic E-state index is -0.499. The molecule has 212 valence electrons. The monoisotopic (exact) mass is 552 g/mol. The Bertz CT molecular complexity index is 1060. The van der Waals surface area contributed by atoms with Crippen molar-refractivity contribution in [2.75, 3.05) is 19.0 Å². The topological polar surface area (TPSA) is 61.8 Å². The molecule has 0 heterocycles. The Morgan fingerprint density at radius 2 is 1.54 bits per heavy atom. The Morgan fingerprint density at radius 1 is 0.897 bits per heavy atom. The van der Waals surface area contributed by atoms with Crippen molar-refractivity contribution in [3.8, 4) is 5.75 Å². The normalized spacial score (nSPS) is 11.8. The number of esters is 2. The summed E-state index contributed by atoms with van der Waals surface area (Å²) in [6.07, 6.45) is 1.22. The van der Waals surface area contributed by atoms with Crippen molar-refractivity contribution in [2.24, 2.45) is 17.8 Å². The molecule has 0 aliphatic rings. The molecule has 1 atom stereocenters. The van der Waals surface area contributed by atoms with Crippen LogP contribution in [0, 0.1) is 17.8 Å². The van der Waals surface area contributed by atoms with Gasteiger partial charge in [-0.25, -0.2) is 4.79 Å². The quantitative estimate of drug-likeness (QED) is 0.0910. The van der Waals surface area contributed by atoms with Crippen LogP contribution in [0.5, 0.6) is 5.75 Å². The van der Waals surface area contributed by atoms with E-state index in [1.54, 1.807) is 11.8 Å². The highest BCUT2D eigenvalue weighted by Gasteiger charge is 2.20. The smallest absolute Gasteiger partial charge is 0.330 e. The highest BCUT2D eigenvalue weighted by Crippen LogP contribution is 2.35. The lowest BCUT2D eigenvalue weighted by atomic mass is 9.81. The lowest BCUT2D eigenvalue weighted by Crippen LogP contribution is -2.27. The third-order valence-electron chi connectivity index (χ3n) is 6.15. The van der Waals surface area contributed by atoms with Crippen molar-refractivity contribution >= 4 is 29.3 Å². The molecule has 2 aromatic rings. The van der Waals surface area contributed by atoms with E-state index in [1.807, 2.05) is 42.5 Å². The summed E-state index contributed by atoms with van der Waals surface area (Å²) >= 11 is 1.62. The number of benzene rings is 2. The van der Waals surface area contributed by atoms with Gasteiger partial charge in [0.25, 0.3) is 0 Å². The summed E-state index contributed by atoms with van der Waals surface area (Å²) < 4.78 is 16.8. The van der Waals surface area contributed by atoms with Gasteiger partial charge in [-0.1, -0.05) is 84.0 Å². The van der Waals surface area contributed by atoms with Gasteiger partial charge in [0.15, 0.2) is 0 Å². The van der Waals surface area contributed by atoms with Gasteiger partial charge < -0.3 is 14.2 Å². The number of carbonyl (C=O) groups is 2. The second kappa shape index (κ2) is 16.9. The van der Waals surface area contributed by atoms with Gasteiger partial charge in [0.2, 0.25) is 0 Å². The molecule has 39 heavy (non-hydrogen) atoms. The summed E-state index contributed by atoms with van der Waals surface area (Å²) in [6, 6.07) is 18.2. The van der Waals surface area contributed by atoms with Crippen LogP contribution >= 0.6 is 11.8 Å². The fraction of sp³-hybridized carbons (Fsp3) is 0.455. The molecule has 5 nitrogen and oxygen atoms in total. The minimum absolute atomic E-state index is 0.147. The maximum Gasteiger partial charge on any atom is 0.330 e. The number of ether oxygens (including phenoxy) is 3. The lowest BCUT2D eigenvalue weighted by molar-refractivity contribution is -0.150. The summed E-state index contributed by atoms with van der Waals surface area (Å²) in [4.78, 5) is 24.8. The first-order valence-corrected chi connectivity index (χ1v) is 14.7. The molecular weight excluding hydrogens is 508 g/mol. The standard InChI is InChI=1S/C33H44O5S/c1-8-30(34)36-20-12-15-31(35)38-28(22-39-29-13-10-9-11-14-29)21-37-27-18-16-26(17-19-27)33(25(6)7)32(23(2)3)24(4)5/h8-11,13-14,16-19,23-25,28H,1,12,15,20-22H2,2-7H3. The molecule has 6 heteroatoms. The number of rotatable bonds is 16. The van der Waals surface area contributed by atoms with E-state index in [2.05, 4.69) is 60.3 Å². The van der Waals surface area contributed by atoms with Gasteiger partial charge >= 0.3 is 11.9 Å². The number of carbonyl (C=O) groups excluding carboxylic acids is 2. The van der Waals surface area contributed by atoms with Gasteiger partial charge in [-0.05, 0) is 59.6 Å². The molecule has 0 spiro atoms. The summed E-state index contributed by atoms with van der Waals surface area (Å²) in [6.45, 7) is 17.3. The molecule has 0 radical (unpaired) electrons. The number of hydrogen-bond acceptors (Lipinski definition) is 6. The van der Waals surface area contributed by atoms with Gasteiger partial charge in [0, 0.05) is 23.1 Å². The van der Waals surface area contributed by atoms with E-state index in [1.165, 1.54) is 16.7 Å². The first kappa shape index (κ1) is 32.2. The van der Waals surface area contributed by atoms with E-state index in [0.29, 0.717) is 29.9 Å². The van der Waals surface area contributed by atoms with Crippen LogP contribution in [-0.4, -0.2) is 37.0 Å². The van der Waals surface area contributed by atoms with Gasteiger partial charge in [-0.3, -0.25) is 4.79 Å². The fourth-order valence-electron chi connectivity index (χ4n) is 4.56. The van der Waals surface area contributed by atoms with E-state index < -0.39 is 12.1 Å². The molecule has 0 aliphatic carbocycles. The summed E-state index contributed by atoms with van der Waals surface area (Å²) in [5.74, 6) is 1.82. The second-order valence-electron chi connectivity index (χ2n) is 10.4. The van der Waals surface area contributed by atoms with Crippen LogP contribution < -0.4 is 4.74 Å². The van der Waals surface area contributed by atoms with Crippen molar-refractivity contribution < 1.29 is 23.8 Å². The van der Waals surface area contributed by atoms with Crippen molar-refractivity contribution in [3.63, 3.8) is 0 Å². The number of thioether (sulfide) groups is 1. The van der Waals surface area contributed by atoms with Crippen LogP contribution in [0.1, 0.15) is 59.9 Å². The van der Waals surface area contributed by atoms with E-state index in [9.17, 15) is 9.59 Å². The van der Waals surface area contributed by atoms with Crippen LogP contribution in [0.15, 0.2) is 77.7 Å². The number of hydrogen-bond donors (Lipinski definition) is 0. The zero-order chi connectivity index (χ0) is 28.8. The van der Waals surface area contributed by atoms with E-state index >= 15 is 0 Å². The van der Waals surface area contributed by atoms with Crippen molar-refractivity contribution in [3.05, 3.63) is 78.4 Å². The molecule has 0 aliphatic heterocycles. The van der Waals surface area contributed by atoms with Crippen LogP contribution in [-0.2, 0) is 19.1 Å². The third-order valence-corrected chi connectivity index (χ3v) is 7.29. The van der Waals surface area contributed by atoms with Gasteiger partial charge in [0.05, 0.1) is 6.61 Å². The zero-order valence-corrected chi connectivity index (χ0v) is 25.1. The van der Waals surface area contributed by atoms with Gasteiger partial charge in [-0.2, -0.15) is 0 Å². The van der Waals surface area contributed by atoms with Crippen molar-refractivity contribution in [2.45, 2.75) is 65.4 Å². The molecule has 0 saturated heterocycles. The Hall–Kier alpha value is -2.99. The minimum Gasteiger partial charge on any atom is -0.490 e. The maximum absolute atomic E-state index is 12.5. The average Bonchev–Trinajstić information content (AvgIpc) is 2.91. The SMILES string of the molecule is C=CC(=O)OCCCC(=O)OC(COc1ccc(C(=C(C(C)C)C(C)C)C(C)C)cc1)CSc1ccccc1. The Morgan fingerprint density at radius 3 is 2.10 bits per heavy atom. The van der Waals surface area contributed by atoms with E-state index in [4.69, 9.17) is 14.2 Å². The molecule has 0 amide bonds. The van der Waals surface area contributed by atoms with Crippen LogP contribution in [0.25, 0.3) is 5.57 Å². The van der Waals surface area contributed by atoms with Crippen LogP contribution in [0.2, 0.25) is 0 Å². The Balaban J connectivity index is 2.07. The molecule has 0 bridgehead atoms. The molecule has 0 fully saturated rings. The Kier molecular flexibility index (Phi) is 13.9. The second-order valence-corrected chi connectivity index (χ2v) is 11.5. The van der Waals surface area contributed by atoms with Crippen molar-refractivity contribution in [1.82, 2.24) is 0 Å². The molecule has 1 unspecified atom stereocenters. The maximum atomic E-state index is 12.5. The highest BCUT2D eigenvalue weighted by atomic mass is 32.2. The van der Waals surface area contributed by atoms with Gasteiger partial charge in [-0.15, -0.1) is 11.8 Å². The largest absolute Gasteiger partial charge is 0.490 e. The molecule has 2 aromatic carbocycles. The summed E-state index contributed by atoms with van der Waals surface area (Å²) in [5.41, 5.74) is 4.11. The van der Waals surface area contributed by atoms with Crippen molar-refractivity contribution in [1.29, 1.82) is 0 Å². The molecule has 0 N–H and O–H groups in total. The molecule has 2 rings (SSSR count). The van der Waals surface area contributed by atoms with Crippen LogP contribution in [0.3, 0.4) is 0 Å². The first-order valence-electron chi connectivity index (χ1n) is 13.8. The first-order chi connectivity index (χ1) is 18.6. The average molecular weight is 553 g/mol. The molecular formula is C33H44O5S. The molecule has 0 aromatic heterocycles. The Labute approximate surface area is 239 Å². The van der Waals surface area contributed by atoms with E-state index in [0.717, 1.165) is 16.7 Å². The zero-order valence-electron chi connectivity index (χ0n) is 24.3.